The molecular formula is C23H28N6O. The lowest BCUT2D eigenvalue weighted by Gasteiger charge is -2.14. The van der Waals surface area contributed by atoms with Crippen LogP contribution in [0.1, 0.15) is 32.4 Å². The van der Waals surface area contributed by atoms with Gasteiger partial charge in [0.05, 0.1) is 23.1 Å². The molecule has 0 amide bonds. The quantitative estimate of drug-likeness (QED) is 0.640. The molecule has 1 aromatic carbocycles. The van der Waals surface area contributed by atoms with E-state index in [2.05, 4.69) is 50.5 Å². The molecule has 1 N–H and O–H groups in total. The van der Waals surface area contributed by atoms with Gasteiger partial charge in [0.2, 0.25) is 0 Å². The molecule has 4 rings (SSSR count). The average molecular weight is 405 g/mol. The smallest absolute Gasteiger partial charge is 0.132 e. The van der Waals surface area contributed by atoms with E-state index in [0.717, 1.165) is 51.6 Å². The fourth-order valence-electron chi connectivity index (χ4n) is 2.83. The molecule has 2 aromatic heterocycles. The van der Waals surface area contributed by atoms with Crippen LogP contribution >= 0.6 is 0 Å². The van der Waals surface area contributed by atoms with Crippen LogP contribution in [0.4, 0.5) is 0 Å². The van der Waals surface area contributed by atoms with Crippen molar-refractivity contribution in [3.63, 3.8) is 0 Å². The maximum atomic E-state index is 6.06. The van der Waals surface area contributed by atoms with Crippen molar-refractivity contribution in [3.8, 4) is 5.75 Å². The SMILES string of the molecule is C=CC(=C)C.Cc1ncc2cc(C3=NNCC3C)c(OCc3cnccn3)cc2n1.[HH]. The summed E-state index contributed by atoms with van der Waals surface area (Å²) in [5, 5.41) is 5.41. The molecule has 0 fully saturated rings. The predicted octanol–water partition coefficient (Wildman–Crippen LogP) is 4.25. The predicted molar refractivity (Wildman–Crippen MR) is 121 cm³/mol. The van der Waals surface area contributed by atoms with Gasteiger partial charge in [-0.1, -0.05) is 31.7 Å². The summed E-state index contributed by atoms with van der Waals surface area (Å²) in [5.41, 5.74) is 7.64. The largest absolute Gasteiger partial charge is 0.486 e. The van der Waals surface area contributed by atoms with E-state index in [9.17, 15) is 0 Å². The van der Waals surface area contributed by atoms with Crippen molar-refractivity contribution in [1.82, 2.24) is 25.4 Å². The Morgan fingerprint density at radius 1 is 1.30 bits per heavy atom. The third-order valence-corrected chi connectivity index (χ3v) is 4.48. The number of fused-ring (bicyclic) bond motifs is 1. The number of aryl methyl sites for hydroxylation is 1. The van der Waals surface area contributed by atoms with Gasteiger partial charge in [0.1, 0.15) is 18.2 Å². The van der Waals surface area contributed by atoms with Gasteiger partial charge >= 0.3 is 0 Å². The highest BCUT2D eigenvalue weighted by atomic mass is 16.5. The van der Waals surface area contributed by atoms with E-state index < -0.39 is 0 Å². The normalized spacial score (nSPS) is 14.9. The number of nitrogens with one attached hydrogen (secondary N) is 1. The van der Waals surface area contributed by atoms with E-state index in [0.29, 0.717) is 12.5 Å². The molecule has 7 nitrogen and oxygen atoms in total. The summed E-state index contributed by atoms with van der Waals surface area (Å²) in [4.78, 5) is 17.1. The van der Waals surface area contributed by atoms with Gasteiger partial charge in [-0.25, -0.2) is 9.97 Å². The van der Waals surface area contributed by atoms with Crippen molar-refractivity contribution in [2.24, 2.45) is 11.0 Å². The first-order chi connectivity index (χ1) is 14.5. The van der Waals surface area contributed by atoms with Gasteiger partial charge < -0.3 is 10.2 Å². The second kappa shape index (κ2) is 9.73. The Morgan fingerprint density at radius 3 is 2.73 bits per heavy atom. The highest BCUT2D eigenvalue weighted by Gasteiger charge is 2.22. The van der Waals surface area contributed by atoms with E-state index in [1.165, 1.54) is 0 Å². The van der Waals surface area contributed by atoms with Crippen molar-refractivity contribution in [2.45, 2.75) is 27.4 Å². The topological polar surface area (TPSA) is 85.2 Å². The van der Waals surface area contributed by atoms with E-state index in [1.807, 2.05) is 32.2 Å². The van der Waals surface area contributed by atoms with E-state index in [4.69, 9.17) is 4.74 Å². The Kier molecular flexibility index (Phi) is 6.85. The molecule has 30 heavy (non-hydrogen) atoms. The summed E-state index contributed by atoms with van der Waals surface area (Å²) in [6, 6.07) is 3.99. The lowest BCUT2D eigenvalue weighted by atomic mass is 9.97. The second-order valence-electron chi connectivity index (χ2n) is 7.12. The van der Waals surface area contributed by atoms with Crippen LogP contribution in [-0.4, -0.2) is 32.2 Å². The first-order valence-electron chi connectivity index (χ1n) is 9.71. The first-order valence-corrected chi connectivity index (χ1v) is 9.71. The van der Waals surface area contributed by atoms with Gasteiger partial charge in [-0.15, -0.1) is 0 Å². The molecule has 0 saturated carbocycles. The van der Waals surface area contributed by atoms with Crippen molar-refractivity contribution < 1.29 is 6.16 Å². The van der Waals surface area contributed by atoms with Crippen LogP contribution in [0.5, 0.6) is 5.75 Å². The molecule has 3 heterocycles. The third-order valence-electron chi connectivity index (χ3n) is 4.48. The minimum absolute atomic E-state index is 0. The maximum absolute atomic E-state index is 6.06. The van der Waals surface area contributed by atoms with Gasteiger partial charge in [0.25, 0.3) is 0 Å². The summed E-state index contributed by atoms with van der Waals surface area (Å²) in [6.45, 7) is 14.1. The van der Waals surface area contributed by atoms with Crippen LogP contribution in [0.3, 0.4) is 0 Å². The summed E-state index contributed by atoms with van der Waals surface area (Å²) >= 11 is 0. The minimum Gasteiger partial charge on any atom is -0.486 e. The van der Waals surface area contributed by atoms with Gasteiger partial charge in [-0.2, -0.15) is 5.10 Å². The standard InChI is InChI=1S/C18H18N6O.C5H8.H2/c1-11-7-22-24-18(11)15-5-13-8-21-12(2)23-16(13)6-17(15)25-10-14-9-19-3-4-20-14;1-4-5(2)3;/h3-6,8-9,11,22H,7,10H2,1-2H3;4H,1-2H2,3H3;1H. The lowest BCUT2D eigenvalue weighted by Crippen LogP contribution is -2.14. The zero-order chi connectivity index (χ0) is 21.5. The van der Waals surface area contributed by atoms with E-state index in [-0.39, 0.29) is 1.43 Å². The Hall–Kier alpha value is -3.61. The van der Waals surface area contributed by atoms with Crippen molar-refractivity contribution >= 4 is 16.6 Å². The van der Waals surface area contributed by atoms with Crippen LogP contribution in [0.15, 0.2) is 66.8 Å². The molecule has 0 bridgehead atoms. The fourth-order valence-corrected chi connectivity index (χ4v) is 2.83. The van der Waals surface area contributed by atoms with Crippen LogP contribution in [0.2, 0.25) is 0 Å². The lowest BCUT2D eigenvalue weighted by molar-refractivity contribution is 0.300. The Balaban J connectivity index is 0.000000514. The first kappa shape index (κ1) is 21.1. The molecule has 7 heteroatoms. The van der Waals surface area contributed by atoms with Gasteiger partial charge in [0.15, 0.2) is 0 Å². The summed E-state index contributed by atoms with van der Waals surface area (Å²) in [6.07, 6.45) is 8.56. The third kappa shape index (κ3) is 5.26. The maximum Gasteiger partial charge on any atom is 0.132 e. The van der Waals surface area contributed by atoms with Crippen molar-refractivity contribution in [2.75, 3.05) is 6.54 Å². The monoisotopic (exact) mass is 404 g/mol. The molecule has 0 spiro atoms. The molecule has 156 valence electrons. The number of benzene rings is 1. The van der Waals surface area contributed by atoms with Crippen molar-refractivity contribution in [1.29, 1.82) is 0 Å². The van der Waals surface area contributed by atoms with E-state index >= 15 is 0 Å². The number of hydrazone groups is 1. The number of rotatable bonds is 5. The van der Waals surface area contributed by atoms with Crippen molar-refractivity contribution in [3.05, 3.63) is 78.8 Å². The summed E-state index contributed by atoms with van der Waals surface area (Å²) in [7, 11) is 0. The number of hydrogen-bond donors (Lipinski definition) is 1. The number of allylic oxidation sites excluding steroid dienone is 2. The van der Waals surface area contributed by atoms with Gasteiger partial charge in [-0.3, -0.25) is 9.97 Å². The molecule has 0 radical (unpaired) electrons. The highest BCUT2D eigenvalue weighted by molar-refractivity contribution is 6.07. The van der Waals surface area contributed by atoms with Crippen LogP contribution in [-0.2, 0) is 6.61 Å². The highest BCUT2D eigenvalue weighted by Crippen LogP contribution is 2.29. The fraction of sp³-hybridized carbons (Fsp3) is 0.261. The molecule has 1 unspecified atom stereocenters. The summed E-state index contributed by atoms with van der Waals surface area (Å²) < 4.78 is 6.06. The van der Waals surface area contributed by atoms with Gasteiger partial charge in [0, 0.05) is 49.5 Å². The molecule has 0 saturated heterocycles. The number of aromatic nitrogens is 4. The molecule has 3 aromatic rings. The molecular weight excluding hydrogens is 376 g/mol. The van der Waals surface area contributed by atoms with Crippen LogP contribution in [0.25, 0.3) is 10.9 Å². The van der Waals surface area contributed by atoms with Crippen LogP contribution < -0.4 is 10.2 Å². The summed E-state index contributed by atoms with van der Waals surface area (Å²) in [5.74, 6) is 1.78. The molecule has 1 aliphatic heterocycles. The Morgan fingerprint density at radius 2 is 2.10 bits per heavy atom. The molecule has 1 aliphatic rings. The number of nitrogens with zero attached hydrogens (tertiary/aromatic N) is 5. The number of hydrogen-bond acceptors (Lipinski definition) is 7. The zero-order valence-electron chi connectivity index (χ0n) is 17.6. The second-order valence-corrected chi connectivity index (χ2v) is 7.12. The van der Waals surface area contributed by atoms with Gasteiger partial charge in [-0.05, 0) is 19.9 Å². The molecule has 1 atom stereocenters. The molecule has 0 aliphatic carbocycles. The number of ether oxygens (including phenoxy) is 1. The average Bonchev–Trinajstić information content (AvgIpc) is 3.18. The Labute approximate surface area is 178 Å². The Bertz CT molecular complexity index is 1080. The van der Waals surface area contributed by atoms with Crippen LogP contribution in [0, 0.1) is 12.8 Å². The zero-order valence-corrected chi connectivity index (χ0v) is 17.6. The van der Waals surface area contributed by atoms with E-state index in [1.54, 1.807) is 24.7 Å². The minimum atomic E-state index is 0.